The van der Waals surface area contributed by atoms with Crippen LogP contribution in [0.1, 0.15) is 63.1 Å². The summed E-state index contributed by atoms with van der Waals surface area (Å²) in [6.07, 6.45) is 3.77. The zero-order chi connectivity index (χ0) is 31.5. The van der Waals surface area contributed by atoms with Gasteiger partial charge < -0.3 is 20.1 Å². The van der Waals surface area contributed by atoms with Gasteiger partial charge in [-0.2, -0.15) is 0 Å². The third-order valence-electron chi connectivity index (χ3n) is 9.18. The molecule has 1 saturated carbocycles. The second-order valence-corrected chi connectivity index (χ2v) is 19.3. The molecule has 0 aromatic carbocycles. The molecule has 1 saturated heterocycles. The van der Waals surface area contributed by atoms with E-state index in [2.05, 4.69) is 52.4 Å². The summed E-state index contributed by atoms with van der Waals surface area (Å²) in [5, 5.41) is 13.6. The van der Waals surface area contributed by atoms with Gasteiger partial charge in [0.2, 0.25) is 11.8 Å². The van der Waals surface area contributed by atoms with Crippen LogP contribution in [0.15, 0.2) is 24.4 Å². The van der Waals surface area contributed by atoms with Crippen molar-refractivity contribution in [2.75, 3.05) is 42.1 Å². The standard InChI is InChI=1S/C31H44F2N6O4Si/c1-20-5-7-21(8-6-20)27(35-25-10-9-23(28(32)33)37-38-25)29(40)36-26-17-24-22(18-34-26)31(11-13-42-14-12-31)30(41)39(24)19-43-15-16-44(2,3)4/h9-10,17-18,20-21,27-28H,5-8,11-16,19H2,1-4H3,(H,35,38)(H,34,36,40). The molecule has 2 aromatic heterocycles. The normalized spacial score (nSPS) is 22.2. The van der Waals surface area contributed by atoms with Crippen LogP contribution in [0.25, 0.3) is 0 Å². The number of alkyl halides is 2. The van der Waals surface area contributed by atoms with Crippen LogP contribution in [0.4, 0.5) is 26.1 Å². The van der Waals surface area contributed by atoms with Crippen molar-refractivity contribution in [3.63, 3.8) is 0 Å². The number of ether oxygens (including phenoxy) is 2. The van der Waals surface area contributed by atoms with E-state index >= 15 is 0 Å². The van der Waals surface area contributed by atoms with E-state index in [0.29, 0.717) is 50.1 Å². The first-order chi connectivity index (χ1) is 21.0. The van der Waals surface area contributed by atoms with Crippen LogP contribution in [-0.2, 0) is 24.5 Å². The maximum atomic E-state index is 13.9. The van der Waals surface area contributed by atoms with Gasteiger partial charge in [0.1, 0.15) is 30.1 Å². The van der Waals surface area contributed by atoms with E-state index in [1.807, 2.05) is 0 Å². The van der Waals surface area contributed by atoms with Crippen molar-refractivity contribution in [1.29, 1.82) is 0 Å². The van der Waals surface area contributed by atoms with E-state index in [1.54, 1.807) is 17.2 Å². The molecule has 1 spiro atoms. The highest BCUT2D eigenvalue weighted by Crippen LogP contribution is 2.48. The Hall–Kier alpha value is -3.03. The zero-order valence-electron chi connectivity index (χ0n) is 26.1. The first-order valence-corrected chi connectivity index (χ1v) is 19.3. The lowest BCUT2D eigenvalue weighted by Gasteiger charge is -2.32. The van der Waals surface area contributed by atoms with Crippen LogP contribution >= 0.6 is 0 Å². The topological polar surface area (TPSA) is 119 Å². The Morgan fingerprint density at radius 1 is 1.14 bits per heavy atom. The lowest BCUT2D eigenvalue weighted by atomic mass is 9.76. The second kappa shape index (κ2) is 13.5. The molecule has 240 valence electrons. The number of fused-ring (bicyclic) bond motifs is 2. The molecule has 5 rings (SSSR count). The van der Waals surface area contributed by atoms with Crippen molar-refractivity contribution in [2.24, 2.45) is 11.8 Å². The van der Waals surface area contributed by atoms with E-state index < -0.39 is 31.7 Å². The minimum atomic E-state index is -2.72. The molecule has 4 heterocycles. The van der Waals surface area contributed by atoms with E-state index in [0.717, 1.165) is 37.3 Å². The summed E-state index contributed by atoms with van der Waals surface area (Å²) in [5.74, 6) is 0.847. The molecule has 0 bridgehead atoms. The van der Waals surface area contributed by atoms with Gasteiger partial charge in [0.05, 0.1) is 11.1 Å². The fraction of sp³-hybridized carbons (Fsp3) is 0.645. The zero-order valence-corrected chi connectivity index (χ0v) is 27.1. The molecule has 0 radical (unpaired) electrons. The van der Waals surface area contributed by atoms with Crippen molar-refractivity contribution in [2.45, 2.75) is 89.0 Å². The van der Waals surface area contributed by atoms with Crippen LogP contribution in [0, 0.1) is 11.8 Å². The van der Waals surface area contributed by atoms with Crippen molar-refractivity contribution in [3.8, 4) is 0 Å². The summed E-state index contributed by atoms with van der Waals surface area (Å²) in [6, 6.07) is 4.71. The molecule has 2 N–H and O–H groups in total. The molecular weight excluding hydrogens is 586 g/mol. The Morgan fingerprint density at radius 2 is 1.86 bits per heavy atom. The number of nitrogens with one attached hydrogen (secondary N) is 2. The first kappa shape index (κ1) is 32.4. The number of nitrogens with zero attached hydrogens (tertiary/aromatic N) is 4. The van der Waals surface area contributed by atoms with Gasteiger partial charge in [-0.05, 0) is 55.7 Å². The molecule has 2 aromatic rings. The molecule has 3 aliphatic rings. The van der Waals surface area contributed by atoms with E-state index in [9.17, 15) is 18.4 Å². The molecular formula is C31H44F2N6O4Si. The largest absolute Gasteiger partial charge is 0.381 e. The maximum absolute atomic E-state index is 13.9. The first-order valence-electron chi connectivity index (χ1n) is 15.6. The third-order valence-corrected chi connectivity index (χ3v) is 10.9. The van der Waals surface area contributed by atoms with Crippen molar-refractivity contribution in [1.82, 2.24) is 15.2 Å². The highest BCUT2D eigenvalue weighted by Gasteiger charge is 2.52. The number of anilines is 3. The highest BCUT2D eigenvalue weighted by molar-refractivity contribution is 6.76. The highest BCUT2D eigenvalue weighted by atomic mass is 28.3. The van der Waals surface area contributed by atoms with Crippen LogP contribution in [0.2, 0.25) is 25.7 Å². The van der Waals surface area contributed by atoms with Gasteiger partial charge in [0.25, 0.3) is 6.43 Å². The molecule has 1 aliphatic carbocycles. The average molecular weight is 631 g/mol. The lowest BCUT2D eigenvalue weighted by Crippen LogP contribution is -2.44. The number of hydrogen-bond acceptors (Lipinski definition) is 8. The Bertz CT molecular complexity index is 1310. The number of carbonyl (C=O) groups excluding carboxylic acids is 2. The van der Waals surface area contributed by atoms with E-state index in [1.165, 1.54) is 12.1 Å². The van der Waals surface area contributed by atoms with Crippen molar-refractivity contribution >= 4 is 37.2 Å². The van der Waals surface area contributed by atoms with E-state index in [-0.39, 0.29) is 30.3 Å². The average Bonchev–Trinajstić information content (AvgIpc) is 3.20. The minimum absolute atomic E-state index is 0.0144. The van der Waals surface area contributed by atoms with Crippen molar-refractivity contribution in [3.05, 3.63) is 35.7 Å². The molecule has 13 heteroatoms. The van der Waals surface area contributed by atoms with E-state index in [4.69, 9.17) is 9.47 Å². The van der Waals surface area contributed by atoms with Crippen LogP contribution in [0.3, 0.4) is 0 Å². The number of carbonyl (C=O) groups is 2. The quantitative estimate of drug-likeness (QED) is 0.238. The third kappa shape index (κ3) is 7.26. The van der Waals surface area contributed by atoms with Gasteiger partial charge in [-0.3, -0.25) is 14.5 Å². The number of amides is 2. The fourth-order valence-corrected chi connectivity index (χ4v) is 7.13. The Kier molecular flexibility index (Phi) is 9.95. The molecule has 2 fully saturated rings. The molecule has 1 unspecified atom stereocenters. The van der Waals surface area contributed by atoms with Gasteiger partial charge in [0.15, 0.2) is 0 Å². The molecule has 10 nitrogen and oxygen atoms in total. The van der Waals surface area contributed by atoms with Gasteiger partial charge in [-0.1, -0.05) is 39.4 Å². The number of rotatable bonds is 11. The van der Waals surface area contributed by atoms with Crippen molar-refractivity contribution < 1.29 is 27.8 Å². The van der Waals surface area contributed by atoms with Crippen LogP contribution < -0.4 is 15.5 Å². The van der Waals surface area contributed by atoms with Gasteiger partial charge >= 0.3 is 0 Å². The summed E-state index contributed by atoms with van der Waals surface area (Å²) in [4.78, 5) is 34.0. The van der Waals surface area contributed by atoms with Crippen LogP contribution in [-0.4, -0.2) is 67.7 Å². The predicted octanol–water partition coefficient (Wildman–Crippen LogP) is 5.76. The Balaban J connectivity index is 1.37. The lowest BCUT2D eigenvalue weighted by molar-refractivity contribution is -0.127. The van der Waals surface area contributed by atoms with Gasteiger partial charge in [-0.15, -0.1) is 10.2 Å². The fourth-order valence-electron chi connectivity index (χ4n) is 6.37. The summed E-state index contributed by atoms with van der Waals surface area (Å²) < 4.78 is 37.7. The van der Waals surface area contributed by atoms with Gasteiger partial charge in [0, 0.05) is 45.7 Å². The minimum Gasteiger partial charge on any atom is -0.381 e. The number of hydrogen-bond donors (Lipinski definition) is 2. The van der Waals surface area contributed by atoms with Crippen LogP contribution in [0.5, 0.6) is 0 Å². The SMILES string of the molecule is CC1CCC(C(Nc2ccc(C(F)F)nn2)C(=O)Nc2cc3c(cn2)C2(CCOCC2)C(=O)N3COCC[Si](C)(C)C)CC1. The summed E-state index contributed by atoms with van der Waals surface area (Å²) in [6.45, 7) is 10.7. The number of pyridine rings is 1. The summed E-state index contributed by atoms with van der Waals surface area (Å²) >= 11 is 0. The summed E-state index contributed by atoms with van der Waals surface area (Å²) in [7, 11) is -1.30. The maximum Gasteiger partial charge on any atom is 0.282 e. The number of aromatic nitrogens is 3. The Labute approximate surface area is 258 Å². The molecule has 1 atom stereocenters. The van der Waals surface area contributed by atoms with Gasteiger partial charge in [-0.25, -0.2) is 13.8 Å². The summed E-state index contributed by atoms with van der Waals surface area (Å²) in [5.41, 5.74) is 0.399. The molecule has 2 aliphatic heterocycles. The smallest absolute Gasteiger partial charge is 0.282 e. The predicted molar refractivity (Wildman–Crippen MR) is 167 cm³/mol. The molecule has 2 amide bonds. The second-order valence-electron chi connectivity index (χ2n) is 13.6. The Morgan fingerprint density at radius 3 is 2.50 bits per heavy atom. The molecule has 44 heavy (non-hydrogen) atoms. The monoisotopic (exact) mass is 630 g/mol. The number of halogens is 2.